The molecule has 1 amide bonds. The van der Waals surface area contributed by atoms with Crippen LogP contribution in [-0.4, -0.2) is 49.5 Å². The molecule has 0 saturated carbocycles. The minimum absolute atomic E-state index is 0.122. The number of hydrogen-bond acceptors (Lipinski definition) is 10. The predicted molar refractivity (Wildman–Crippen MR) is 153 cm³/mol. The second kappa shape index (κ2) is 11.6. The summed E-state index contributed by atoms with van der Waals surface area (Å²) in [6, 6.07) is 7.85. The maximum Gasteiger partial charge on any atom is 0.245 e. The first-order valence-corrected chi connectivity index (χ1v) is 13.4. The molecule has 1 aromatic carbocycles. The lowest BCUT2D eigenvalue weighted by molar-refractivity contribution is -0.127. The average molecular weight is 559 g/mol. The van der Waals surface area contributed by atoms with Gasteiger partial charge in [0.1, 0.15) is 35.3 Å². The number of amides is 1. The number of aryl methyl sites for hydroxylation is 1. The molecule has 1 aliphatic heterocycles. The second-order valence-corrected chi connectivity index (χ2v) is 10.3. The summed E-state index contributed by atoms with van der Waals surface area (Å²) in [6.45, 7) is 6.47. The Morgan fingerprint density at radius 2 is 1.98 bits per heavy atom. The number of carbonyl (C=O) groups excluding carboxylic acids is 1. The summed E-state index contributed by atoms with van der Waals surface area (Å²) >= 11 is 1.53. The lowest BCUT2D eigenvalue weighted by atomic mass is 9.88. The lowest BCUT2D eigenvalue weighted by Gasteiger charge is -2.32. The van der Waals surface area contributed by atoms with Gasteiger partial charge in [-0.1, -0.05) is 6.58 Å². The van der Waals surface area contributed by atoms with Crippen LogP contribution in [0.3, 0.4) is 0 Å². The molecule has 3 aromatic heterocycles. The van der Waals surface area contributed by atoms with E-state index in [1.54, 1.807) is 29.3 Å². The van der Waals surface area contributed by atoms with Crippen molar-refractivity contribution in [3.8, 4) is 22.9 Å². The molecule has 0 aliphatic carbocycles. The Morgan fingerprint density at radius 3 is 2.67 bits per heavy atom. The number of nitrogens with two attached hydrogens (primary N) is 1. The highest BCUT2D eigenvalue weighted by molar-refractivity contribution is 7.09. The Morgan fingerprint density at radius 1 is 1.20 bits per heavy atom. The van der Waals surface area contributed by atoms with Crippen LogP contribution in [0.2, 0.25) is 0 Å². The van der Waals surface area contributed by atoms with Gasteiger partial charge in [-0.15, -0.1) is 11.3 Å². The van der Waals surface area contributed by atoms with E-state index in [1.165, 1.54) is 35.9 Å². The fourth-order valence-electron chi connectivity index (χ4n) is 4.50. The van der Waals surface area contributed by atoms with Gasteiger partial charge >= 0.3 is 0 Å². The molecule has 0 atom stereocenters. The smallest absolute Gasteiger partial charge is 0.245 e. The highest BCUT2D eigenvalue weighted by Crippen LogP contribution is 2.32. The molecule has 40 heavy (non-hydrogen) atoms. The Labute approximate surface area is 234 Å². The Balaban J connectivity index is 1.31. The minimum atomic E-state index is -0.576. The van der Waals surface area contributed by atoms with Crippen LogP contribution in [0.15, 0.2) is 60.9 Å². The molecule has 1 fully saturated rings. The maximum absolute atomic E-state index is 15.2. The number of ether oxygens (including phenoxy) is 1. The van der Waals surface area contributed by atoms with E-state index >= 15 is 4.39 Å². The number of anilines is 3. The standard InChI is InChI=1S/C28H27FN8O2S/c1-3-24(38)37-10-7-17(8-11-37)26(30)25-27(31)33-15-34-28(25)36-21-5-4-18(12-20(21)29)39-19-6-9-32-22(13-19)23-14-40-16(2)35-23/h3-6,9,12-15,17,30H,1,7-8,10-11H2,2H3,(H3,31,33,34,36). The van der Waals surface area contributed by atoms with E-state index in [1.807, 2.05) is 12.3 Å². The largest absolute Gasteiger partial charge is 0.457 e. The minimum Gasteiger partial charge on any atom is -0.457 e. The Kier molecular flexibility index (Phi) is 7.78. The number of rotatable bonds is 8. The molecule has 204 valence electrons. The molecule has 4 heterocycles. The van der Waals surface area contributed by atoms with Crippen molar-refractivity contribution in [1.82, 2.24) is 24.8 Å². The summed E-state index contributed by atoms with van der Waals surface area (Å²) in [5.74, 6) is 0.288. The van der Waals surface area contributed by atoms with Crippen molar-refractivity contribution >= 4 is 40.3 Å². The van der Waals surface area contributed by atoms with Crippen LogP contribution in [0, 0.1) is 24.1 Å². The van der Waals surface area contributed by atoms with Crippen molar-refractivity contribution in [3.05, 3.63) is 77.3 Å². The van der Waals surface area contributed by atoms with Crippen LogP contribution < -0.4 is 15.8 Å². The molecule has 1 saturated heterocycles. The zero-order valence-corrected chi connectivity index (χ0v) is 22.5. The Bertz CT molecular complexity index is 1580. The van der Waals surface area contributed by atoms with Crippen LogP contribution in [-0.2, 0) is 4.79 Å². The van der Waals surface area contributed by atoms with Crippen molar-refractivity contribution in [2.45, 2.75) is 19.8 Å². The predicted octanol–water partition coefficient (Wildman–Crippen LogP) is 5.35. The van der Waals surface area contributed by atoms with E-state index in [4.69, 9.17) is 15.9 Å². The van der Waals surface area contributed by atoms with Gasteiger partial charge in [0.25, 0.3) is 0 Å². The van der Waals surface area contributed by atoms with Crippen LogP contribution in [0.1, 0.15) is 23.4 Å². The Hall–Kier alpha value is -4.71. The number of benzene rings is 1. The molecule has 1 aliphatic rings. The summed E-state index contributed by atoms with van der Waals surface area (Å²) in [7, 11) is 0. The maximum atomic E-state index is 15.2. The summed E-state index contributed by atoms with van der Waals surface area (Å²) < 4.78 is 21.1. The number of nitrogen functional groups attached to an aromatic ring is 1. The van der Waals surface area contributed by atoms with Gasteiger partial charge in [0.2, 0.25) is 5.91 Å². The van der Waals surface area contributed by atoms with E-state index in [0.717, 1.165) is 10.7 Å². The van der Waals surface area contributed by atoms with Gasteiger partial charge in [0.15, 0.2) is 0 Å². The normalized spacial score (nSPS) is 13.6. The first-order chi connectivity index (χ1) is 19.3. The van der Waals surface area contributed by atoms with Crippen LogP contribution >= 0.6 is 11.3 Å². The van der Waals surface area contributed by atoms with Crippen molar-refractivity contribution in [2.75, 3.05) is 24.1 Å². The number of carbonyl (C=O) groups is 1. The molecule has 4 aromatic rings. The highest BCUT2D eigenvalue weighted by atomic mass is 32.1. The zero-order valence-electron chi connectivity index (χ0n) is 21.7. The fourth-order valence-corrected chi connectivity index (χ4v) is 5.11. The molecule has 0 unspecified atom stereocenters. The quantitative estimate of drug-likeness (QED) is 0.194. The van der Waals surface area contributed by atoms with Crippen LogP contribution in [0.25, 0.3) is 11.4 Å². The highest BCUT2D eigenvalue weighted by Gasteiger charge is 2.28. The molecule has 12 heteroatoms. The first kappa shape index (κ1) is 26.9. The third-order valence-electron chi connectivity index (χ3n) is 6.58. The molecule has 0 radical (unpaired) electrons. The lowest BCUT2D eigenvalue weighted by Crippen LogP contribution is -2.39. The number of nitrogens with one attached hydrogen (secondary N) is 2. The van der Waals surface area contributed by atoms with E-state index < -0.39 is 5.82 Å². The number of nitrogens with zero attached hydrogens (tertiary/aromatic N) is 5. The van der Waals surface area contributed by atoms with Gasteiger partial charge in [-0.2, -0.15) is 0 Å². The number of hydrogen-bond donors (Lipinski definition) is 3. The first-order valence-electron chi connectivity index (χ1n) is 12.6. The van der Waals surface area contributed by atoms with Gasteiger partial charge in [0, 0.05) is 48.4 Å². The van der Waals surface area contributed by atoms with Gasteiger partial charge in [0.05, 0.1) is 27.6 Å². The molecule has 0 bridgehead atoms. The van der Waals surface area contributed by atoms with Crippen molar-refractivity contribution in [2.24, 2.45) is 5.92 Å². The van der Waals surface area contributed by atoms with Crippen LogP contribution in [0.4, 0.5) is 21.7 Å². The van der Waals surface area contributed by atoms with E-state index in [9.17, 15) is 4.79 Å². The number of pyridine rings is 1. The SMILES string of the molecule is C=CC(=O)N1CCC(C(=N)c2c(N)ncnc2Nc2ccc(Oc3ccnc(-c4csc(C)n4)c3)cc2F)CC1. The number of thiazole rings is 1. The van der Waals surface area contributed by atoms with E-state index in [-0.39, 0.29) is 34.9 Å². The number of likely N-dealkylation sites (tertiary alicyclic amines) is 1. The molecule has 4 N–H and O–H groups in total. The number of aromatic nitrogens is 4. The summed E-state index contributed by atoms with van der Waals surface area (Å²) in [5.41, 5.74) is 8.26. The second-order valence-electron chi connectivity index (χ2n) is 9.20. The van der Waals surface area contributed by atoms with Crippen molar-refractivity contribution in [1.29, 1.82) is 5.41 Å². The molecule has 0 spiro atoms. The topological polar surface area (TPSA) is 143 Å². The third-order valence-corrected chi connectivity index (χ3v) is 7.35. The van der Waals surface area contributed by atoms with Gasteiger partial charge in [-0.25, -0.2) is 19.3 Å². The number of piperidine rings is 1. The molecule has 5 rings (SSSR count). The number of halogens is 1. The monoisotopic (exact) mass is 558 g/mol. The van der Waals surface area contributed by atoms with E-state index in [0.29, 0.717) is 48.7 Å². The summed E-state index contributed by atoms with van der Waals surface area (Å²) in [5, 5.41) is 14.7. The fraction of sp³-hybridized carbons (Fsp3) is 0.214. The van der Waals surface area contributed by atoms with Gasteiger partial charge in [-0.3, -0.25) is 9.78 Å². The average Bonchev–Trinajstić information content (AvgIpc) is 3.40. The molecular weight excluding hydrogens is 531 g/mol. The molecule has 10 nitrogen and oxygen atoms in total. The van der Waals surface area contributed by atoms with E-state index in [2.05, 4.69) is 31.8 Å². The molecular formula is C28H27FN8O2S. The van der Waals surface area contributed by atoms with Crippen molar-refractivity contribution in [3.63, 3.8) is 0 Å². The zero-order chi connectivity index (χ0) is 28.2. The van der Waals surface area contributed by atoms with Gasteiger partial charge < -0.3 is 26.1 Å². The van der Waals surface area contributed by atoms with Crippen molar-refractivity contribution < 1.29 is 13.9 Å². The summed E-state index contributed by atoms with van der Waals surface area (Å²) in [4.78, 5) is 30.7. The van der Waals surface area contributed by atoms with Crippen LogP contribution in [0.5, 0.6) is 11.5 Å². The third kappa shape index (κ3) is 5.81. The summed E-state index contributed by atoms with van der Waals surface area (Å²) in [6.07, 6.45) is 5.35. The van der Waals surface area contributed by atoms with Gasteiger partial charge in [-0.05, 0) is 44.0 Å².